The Labute approximate surface area is 129 Å². The summed E-state index contributed by atoms with van der Waals surface area (Å²) in [6.07, 6.45) is 3.54. The summed E-state index contributed by atoms with van der Waals surface area (Å²) < 4.78 is 0. The summed E-state index contributed by atoms with van der Waals surface area (Å²) in [6, 6.07) is 10.3. The largest absolute Gasteiger partial charge is 0.352 e. The van der Waals surface area contributed by atoms with Gasteiger partial charge in [0.25, 0.3) is 0 Å². The molecule has 104 valence electrons. The number of hydrogen-bond acceptors (Lipinski definition) is 3. The lowest BCUT2D eigenvalue weighted by Gasteiger charge is -2.29. The Bertz CT molecular complexity index is 642. The molecule has 2 radical (unpaired) electrons. The van der Waals surface area contributed by atoms with Crippen molar-refractivity contribution >= 4 is 30.6 Å². The first kappa shape index (κ1) is 14.1. The molecule has 1 saturated heterocycles. The molecule has 3 nitrogen and oxygen atoms in total. The van der Waals surface area contributed by atoms with E-state index >= 15 is 0 Å². The fourth-order valence-electron chi connectivity index (χ4n) is 2.68. The maximum absolute atomic E-state index is 11.3. The first-order chi connectivity index (χ1) is 10.3. The fraction of sp³-hybridized carbons (Fsp3) is 0.250. The van der Waals surface area contributed by atoms with Crippen LogP contribution in [-0.4, -0.2) is 36.6 Å². The SMILES string of the molecule is [B]C(=O)N1CCC(=C(c2ccccc2)c2nccs2)CC1. The number of hydrogen-bond donors (Lipinski definition) is 0. The number of nitrogens with zero attached hydrogens (tertiary/aromatic N) is 2. The number of likely N-dealkylation sites (tertiary alicyclic amines) is 1. The molecule has 1 aromatic carbocycles. The van der Waals surface area contributed by atoms with Crippen LogP contribution in [0.2, 0.25) is 0 Å². The molecule has 1 aromatic heterocycles. The number of benzene rings is 1. The standard InChI is InChI=1S/C16H15BN2OS/c17-16(20)19-9-6-13(7-10-19)14(15-18-8-11-21-15)12-4-2-1-3-5-12/h1-5,8,11H,6-7,9-10H2. The monoisotopic (exact) mass is 294 g/mol. The van der Waals surface area contributed by atoms with Crippen LogP contribution in [-0.2, 0) is 0 Å². The Balaban J connectivity index is 1.97. The molecule has 0 bridgehead atoms. The minimum absolute atomic E-state index is 0.329. The minimum atomic E-state index is -0.329. The van der Waals surface area contributed by atoms with Gasteiger partial charge in [0.2, 0.25) is 7.85 Å². The van der Waals surface area contributed by atoms with Gasteiger partial charge in [0, 0.05) is 30.2 Å². The van der Waals surface area contributed by atoms with E-state index in [9.17, 15) is 4.79 Å². The van der Waals surface area contributed by atoms with Gasteiger partial charge < -0.3 is 4.90 Å². The third-order valence-electron chi connectivity index (χ3n) is 3.74. The highest BCUT2D eigenvalue weighted by Crippen LogP contribution is 2.33. The zero-order valence-electron chi connectivity index (χ0n) is 11.7. The van der Waals surface area contributed by atoms with Crippen LogP contribution in [0.3, 0.4) is 0 Å². The van der Waals surface area contributed by atoms with Gasteiger partial charge in [-0.15, -0.1) is 11.3 Å². The maximum Gasteiger partial charge on any atom is 0.200 e. The number of carbonyl (C=O) groups excluding carboxylic acids is 1. The van der Waals surface area contributed by atoms with Gasteiger partial charge in [-0.05, 0) is 18.4 Å². The van der Waals surface area contributed by atoms with Crippen molar-refractivity contribution in [2.75, 3.05) is 13.1 Å². The Morgan fingerprint density at radius 3 is 2.48 bits per heavy atom. The molecular formula is C16H15BN2OS. The van der Waals surface area contributed by atoms with Crippen LogP contribution >= 0.6 is 11.3 Å². The van der Waals surface area contributed by atoms with Gasteiger partial charge in [-0.2, -0.15) is 0 Å². The van der Waals surface area contributed by atoms with Crippen molar-refractivity contribution in [3.63, 3.8) is 0 Å². The van der Waals surface area contributed by atoms with Crippen molar-refractivity contribution in [3.8, 4) is 0 Å². The minimum Gasteiger partial charge on any atom is -0.352 e. The van der Waals surface area contributed by atoms with Crippen molar-refractivity contribution in [1.29, 1.82) is 0 Å². The van der Waals surface area contributed by atoms with Gasteiger partial charge in [0.05, 0.1) is 0 Å². The molecule has 1 amide bonds. The number of carbonyl (C=O) groups is 1. The highest BCUT2D eigenvalue weighted by molar-refractivity contribution is 7.10. The van der Waals surface area contributed by atoms with Crippen LogP contribution in [0.4, 0.5) is 4.79 Å². The summed E-state index contributed by atoms with van der Waals surface area (Å²) in [5.41, 5.74) is 3.76. The topological polar surface area (TPSA) is 33.2 Å². The van der Waals surface area contributed by atoms with Crippen molar-refractivity contribution in [2.24, 2.45) is 0 Å². The van der Waals surface area contributed by atoms with Crippen molar-refractivity contribution in [2.45, 2.75) is 12.8 Å². The summed E-state index contributed by atoms with van der Waals surface area (Å²) in [4.78, 5) is 17.4. The second-order valence-electron chi connectivity index (χ2n) is 5.01. The van der Waals surface area contributed by atoms with E-state index in [4.69, 9.17) is 7.85 Å². The molecule has 3 rings (SSSR count). The lowest BCUT2D eigenvalue weighted by molar-refractivity contribution is 0.217. The highest BCUT2D eigenvalue weighted by Gasteiger charge is 2.20. The third-order valence-corrected chi connectivity index (χ3v) is 4.53. The van der Waals surface area contributed by atoms with Gasteiger partial charge >= 0.3 is 0 Å². The van der Waals surface area contributed by atoms with Crippen LogP contribution in [0, 0.1) is 0 Å². The second kappa shape index (κ2) is 6.27. The molecule has 0 saturated carbocycles. The molecule has 0 aliphatic carbocycles. The van der Waals surface area contributed by atoms with E-state index < -0.39 is 0 Å². The molecule has 0 N–H and O–H groups in total. The zero-order chi connectivity index (χ0) is 14.7. The van der Waals surface area contributed by atoms with Crippen LogP contribution in [0.15, 0.2) is 47.5 Å². The van der Waals surface area contributed by atoms with Gasteiger partial charge in [0.1, 0.15) is 5.01 Å². The first-order valence-corrected chi connectivity index (χ1v) is 7.85. The van der Waals surface area contributed by atoms with Crippen LogP contribution in [0.1, 0.15) is 23.4 Å². The second-order valence-corrected chi connectivity index (χ2v) is 5.90. The van der Waals surface area contributed by atoms with Crippen LogP contribution < -0.4 is 0 Å². The molecule has 2 heterocycles. The van der Waals surface area contributed by atoms with Crippen LogP contribution in [0.5, 0.6) is 0 Å². The van der Waals surface area contributed by atoms with Gasteiger partial charge in [-0.3, -0.25) is 4.79 Å². The summed E-state index contributed by atoms with van der Waals surface area (Å²) in [5, 5.41) is 3.04. The van der Waals surface area contributed by atoms with E-state index in [0.29, 0.717) is 13.1 Å². The Morgan fingerprint density at radius 1 is 1.19 bits per heavy atom. The molecule has 0 spiro atoms. The summed E-state index contributed by atoms with van der Waals surface area (Å²) >= 11 is 1.65. The van der Waals surface area contributed by atoms with Gasteiger partial charge in [0.15, 0.2) is 5.81 Å². The van der Waals surface area contributed by atoms with E-state index in [1.807, 2.05) is 29.8 Å². The van der Waals surface area contributed by atoms with Crippen molar-refractivity contribution in [1.82, 2.24) is 9.88 Å². The molecule has 5 heteroatoms. The summed E-state index contributed by atoms with van der Waals surface area (Å²) in [6.45, 7) is 1.37. The van der Waals surface area contributed by atoms with E-state index in [0.717, 1.165) is 17.8 Å². The van der Waals surface area contributed by atoms with Gasteiger partial charge in [-0.1, -0.05) is 35.9 Å². The Morgan fingerprint density at radius 2 is 1.90 bits per heavy atom. The molecule has 2 aromatic rings. The van der Waals surface area contributed by atoms with Crippen LogP contribution in [0.25, 0.3) is 5.57 Å². The Kier molecular flexibility index (Phi) is 4.20. The zero-order valence-corrected chi connectivity index (χ0v) is 12.5. The summed E-state index contributed by atoms with van der Waals surface area (Å²) in [5.74, 6) is -0.329. The van der Waals surface area contributed by atoms with E-state index in [2.05, 4.69) is 17.1 Å². The highest BCUT2D eigenvalue weighted by atomic mass is 32.1. The number of piperidine rings is 1. The molecule has 1 fully saturated rings. The lowest BCUT2D eigenvalue weighted by atomic mass is 9.92. The molecule has 0 unspecified atom stereocenters. The number of rotatable bonds is 2. The third kappa shape index (κ3) is 3.08. The number of thiazole rings is 1. The number of amides is 1. The van der Waals surface area contributed by atoms with Crippen molar-refractivity contribution in [3.05, 3.63) is 58.1 Å². The van der Waals surface area contributed by atoms with E-state index in [1.165, 1.54) is 16.7 Å². The molecule has 21 heavy (non-hydrogen) atoms. The fourth-order valence-corrected chi connectivity index (χ4v) is 3.43. The van der Waals surface area contributed by atoms with Gasteiger partial charge in [-0.25, -0.2) is 4.98 Å². The summed E-state index contributed by atoms with van der Waals surface area (Å²) in [7, 11) is 5.36. The first-order valence-electron chi connectivity index (χ1n) is 6.97. The average Bonchev–Trinajstić information content (AvgIpc) is 3.03. The molecule has 1 aliphatic rings. The number of aromatic nitrogens is 1. The molecule has 0 atom stereocenters. The Hall–Kier alpha value is -1.88. The molecular weight excluding hydrogens is 279 g/mol. The normalized spacial score (nSPS) is 15.0. The molecule has 1 aliphatic heterocycles. The maximum atomic E-state index is 11.3. The average molecular weight is 294 g/mol. The van der Waals surface area contributed by atoms with E-state index in [1.54, 1.807) is 16.2 Å². The predicted octanol–water partition coefficient (Wildman–Crippen LogP) is 3.33. The smallest absolute Gasteiger partial charge is 0.200 e. The predicted molar refractivity (Wildman–Crippen MR) is 86.5 cm³/mol. The quantitative estimate of drug-likeness (QED) is 0.796. The lowest BCUT2D eigenvalue weighted by Crippen LogP contribution is -2.35. The van der Waals surface area contributed by atoms with Crippen molar-refractivity contribution < 1.29 is 4.79 Å². The van der Waals surface area contributed by atoms with E-state index in [-0.39, 0.29) is 5.81 Å².